The van der Waals surface area contributed by atoms with Crippen LogP contribution in [0.2, 0.25) is 0 Å². The highest BCUT2D eigenvalue weighted by Crippen LogP contribution is 2.34. The van der Waals surface area contributed by atoms with E-state index in [1.807, 2.05) is 32.0 Å². The maximum Gasteiger partial charge on any atom is 0.227 e. The van der Waals surface area contributed by atoms with Crippen LogP contribution >= 0.6 is 0 Å². The van der Waals surface area contributed by atoms with Crippen LogP contribution in [0.5, 0.6) is 5.75 Å². The van der Waals surface area contributed by atoms with Gasteiger partial charge in [-0.2, -0.15) is 0 Å². The number of likely N-dealkylation sites (tertiary alicyclic amines) is 2. The lowest BCUT2D eigenvalue weighted by molar-refractivity contribution is -0.125. The van der Waals surface area contributed by atoms with Gasteiger partial charge in [-0.3, -0.25) is 9.59 Å². The SMILES string of the molecule is Cc1ccc2c(c1)N(C(=O)CCC(=O)NCCCN1CCC(N3CCCCC3)CC1)CC(C)O2. The van der Waals surface area contributed by atoms with E-state index in [0.717, 1.165) is 36.0 Å². The molecule has 7 heteroatoms. The molecular formula is C27H42N4O3. The second-order valence-electron chi connectivity index (χ2n) is 10.3. The number of nitrogens with one attached hydrogen (secondary N) is 1. The van der Waals surface area contributed by atoms with Crippen LogP contribution in [0, 0.1) is 6.92 Å². The van der Waals surface area contributed by atoms with E-state index in [1.165, 1.54) is 58.3 Å². The monoisotopic (exact) mass is 470 g/mol. The minimum Gasteiger partial charge on any atom is -0.487 e. The zero-order valence-electron chi connectivity index (χ0n) is 21.1. The van der Waals surface area contributed by atoms with Gasteiger partial charge in [-0.25, -0.2) is 0 Å². The molecule has 1 atom stereocenters. The summed E-state index contributed by atoms with van der Waals surface area (Å²) in [6.45, 7) is 11.1. The molecule has 1 unspecified atom stereocenters. The minimum absolute atomic E-state index is 0.0197. The Bertz CT molecular complexity index is 831. The fraction of sp³-hybridized carbons (Fsp3) is 0.704. The average Bonchev–Trinajstić information content (AvgIpc) is 2.86. The predicted molar refractivity (Wildman–Crippen MR) is 135 cm³/mol. The van der Waals surface area contributed by atoms with Crippen LogP contribution in [0.1, 0.15) is 63.9 Å². The van der Waals surface area contributed by atoms with Crippen molar-refractivity contribution in [3.05, 3.63) is 23.8 Å². The Labute approximate surface area is 204 Å². The van der Waals surface area contributed by atoms with Gasteiger partial charge in [0.15, 0.2) is 0 Å². The fourth-order valence-corrected chi connectivity index (χ4v) is 5.55. The van der Waals surface area contributed by atoms with Crippen molar-refractivity contribution in [2.24, 2.45) is 0 Å². The average molecular weight is 471 g/mol. The van der Waals surface area contributed by atoms with Gasteiger partial charge in [0.05, 0.1) is 12.2 Å². The largest absolute Gasteiger partial charge is 0.487 e. The first-order valence-electron chi connectivity index (χ1n) is 13.3. The van der Waals surface area contributed by atoms with Crippen LogP contribution in [-0.4, -0.2) is 79.6 Å². The first-order valence-corrected chi connectivity index (χ1v) is 13.3. The van der Waals surface area contributed by atoms with Crippen molar-refractivity contribution in [2.75, 3.05) is 50.7 Å². The molecule has 0 spiro atoms. The minimum atomic E-state index is -0.0575. The van der Waals surface area contributed by atoms with Crippen molar-refractivity contribution >= 4 is 17.5 Å². The molecule has 1 aromatic rings. The molecule has 3 aliphatic heterocycles. The van der Waals surface area contributed by atoms with E-state index >= 15 is 0 Å². The molecule has 0 radical (unpaired) electrons. The Morgan fingerprint density at radius 3 is 2.59 bits per heavy atom. The molecular weight excluding hydrogens is 428 g/mol. The molecule has 1 N–H and O–H groups in total. The number of benzene rings is 1. The lowest BCUT2D eigenvalue weighted by Gasteiger charge is -2.40. The van der Waals surface area contributed by atoms with Crippen molar-refractivity contribution < 1.29 is 14.3 Å². The lowest BCUT2D eigenvalue weighted by atomic mass is 10.00. The van der Waals surface area contributed by atoms with Crippen molar-refractivity contribution in [3.8, 4) is 5.75 Å². The third-order valence-electron chi connectivity index (χ3n) is 7.48. The maximum atomic E-state index is 12.9. The fourth-order valence-electron chi connectivity index (χ4n) is 5.55. The maximum absolute atomic E-state index is 12.9. The number of rotatable bonds is 8. The van der Waals surface area contributed by atoms with Crippen molar-refractivity contribution in [2.45, 2.75) is 77.4 Å². The van der Waals surface area contributed by atoms with E-state index in [0.29, 0.717) is 13.1 Å². The lowest BCUT2D eigenvalue weighted by Crippen LogP contribution is -2.47. The zero-order chi connectivity index (χ0) is 23.9. The molecule has 3 heterocycles. The Morgan fingerprint density at radius 1 is 1.06 bits per heavy atom. The summed E-state index contributed by atoms with van der Waals surface area (Å²) in [7, 11) is 0. The molecule has 0 bridgehead atoms. The van der Waals surface area contributed by atoms with E-state index in [2.05, 4.69) is 15.1 Å². The summed E-state index contributed by atoms with van der Waals surface area (Å²) in [5, 5.41) is 3.01. The molecule has 1 aromatic carbocycles. The van der Waals surface area contributed by atoms with Gasteiger partial charge in [-0.1, -0.05) is 12.5 Å². The molecule has 0 saturated carbocycles. The van der Waals surface area contributed by atoms with Gasteiger partial charge in [0, 0.05) is 25.4 Å². The molecule has 2 amide bonds. The van der Waals surface area contributed by atoms with Gasteiger partial charge in [0.25, 0.3) is 0 Å². The number of fused-ring (bicyclic) bond motifs is 1. The Morgan fingerprint density at radius 2 is 1.82 bits per heavy atom. The highest BCUT2D eigenvalue weighted by molar-refractivity contribution is 5.97. The number of amides is 2. The number of aryl methyl sites for hydroxylation is 1. The van der Waals surface area contributed by atoms with Crippen LogP contribution in [0.25, 0.3) is 0 Å². The highest BCUT2D eigenvalue weighted by Gasteiger charge is 2.28. The number of hydrogen-bond acceptors (Lipinski definition) is 5. The van der Waals surface area contributed by atoms with Crippen LogP contribution in [-0.2, 0) is 9.59 Å². The van der Waals surface area contributed by atoms with E-state index in [1.54, 1.807) is 4.90 Å². The Hall–Kier alpha value is -2.12. The Balaban J connectivity index is 1.11. The number of anilines is 1. The predicted octanol–water partition coefficient (Wildman–Crippen LogP) is 3.35. The number of carbonyl (C=O) groups excluding carboxylic acids is 2. The zero-order valence-corrected chi connectivity index (χ0v) is 21.1. The topological polar surface area (TPSA) is 65.1 Å². The number of hydrogen-bond donors (Lipinski definition) is 1. The summed E-state index contributed by atoms with van der Waals surface area (Å²) in [5.41, 5.74) is 1.90. The first-order chi connectivity index (χ1) is 16.5. The number of nitrogens with zero attached hydrogens (tertiary/aromatic N) is 3. The van der Waals surface area contributed by atoms with Crippen LogP contribution in [0.15, 0.2) is 18.2 Å². The van der Waals surface area contributed by atoms with Gasteiger partial charge in [0.1, 0.15) is 11.9 Å². The summed E-state index contributed by atoms with van der Waals surface area (Å²) in [5.74, 6) is 0.679. The summed E-state index contributed by atoms with van der Waals surface area (Å²) in [4.78, 5) is 32.2. The van der Waals surface area contributed by atoms with Gasteiger partial charge >= 0.3 is 0 Å². The van der Waals surface area contributed by atoms with E-state index in [4.69, 9.17) is 4.74 Å². The summed E-state index contributed by atoms with van der Waals surface area (Å²) in [6, 6.07) is 6.67. The molecule has 0 aromatic heterocycles. The molecule has 188 valence electrons. The van der Waals surface area contributed by atoms with Crippen molar-refractivity contribution in [3.63, 3.8) is 0 Å². The molecule has 2 fully saturated rings. The molecule has 34 heavy (non-hydrogen) atoms. The van der Waals surface area contributed by atoms with E-state index in [-0.39, 0.29) is 30.8 Å². The standard InChI is InChI=1S/C27H42N4O3/c1-21-7-8-25-24(19-21)31(20-22(2)34-25)27(33)10-9-26(32)28-13-6-14-29-17-11-23(12-18-29)30-15-4-3-5-16-30/h7-8,19,22-23H,3-6,9-18,20H2,1-2H3,(H,28,32). The first kappa shape index (κ1) is 25.0. The normalized spacial score (nSPS) is 22.2. The molecule has 2 saturated heterocycles. The molecule has 0 aliphatic carbocycles. The summed E-state index contributed by atoms with van der Waals surface area (Å²) >= 11 is 0. The Kier molecular flexibility index (Phi) is 8.84. The molecule has 7 nitrogen and oxygen atoms in total. The van der Waals surface area contributed by atoms with E-state index < -0.39 is 0 Å². The molecule has 3 aliphatic rings. The number of carbonyl (C=O) groups is 2. The quantitative estimate of drug-likeness (QED) is 0.591. The summed E-state index contributed by atoms with van der Waals surface area (Å²) in [6.07, 6.45) is 8.03. The van der Waals surface area contributed by atoms with E-state index in [9.17, 15) is 9.59 Å². The number of ether oxygens (including phenoxy) is 1. The third kappa shape index (κ3) is 6.72. The van der Waals surface area contributed by atoms with Gasteiger partial charge < -0.3 is 24.8 Å². The van der Waals surface area contributed by atoms with Gasteiger partial charge in [-0.05, 0) is 96.4 Å². The highest BCUT2D eigenvalue weighted by atomic mass is 16.5. The van der Waals surface area contributed by atoms with Crippen LogP contribution in [0.3, 0.4) is 0 Å². The van der Waals surface area contributed by atoms with Gasteiger partial charge in [0.2, 0.25) is 11.8 Å². The van der Waals surface area contributed by atoms with Gasteiger partial charge in [-0.15, -0.1) is 0 Å². The second-order valence-corrected chi connectivity index (χ2v) is 10.3. The number of piperidine rings is 2. The second kappa shape index (κ2) is 12.0. The van der Waals surface area contributed by atoms with Crippen molar-refractivity contribution in [1.82, 2.24) is 15.1 Å². The third-order valence-corrected chi connectivity index (χ3v) is 7.48. The van der Waals surface area contributed by atoms with Crippen LogP contribution < -0.4 is 15.0 Å². The summed E-state index contributed by atoms with van der Waals surface area (Å²) < 4.78 is 5.87. The van der Waals surface area contributed by atoms with Crippen LogP contribution in [0.4, 0.5) is 5.69 Å². The smallest absolute Gasteiger partial charge is 0.227 e. The van der Waals surface area contributed by atoms with Crippen molar-refractivity contribution in [1.29, 1.82) is 0 Å². The molecule has 4 rings (SSSR count).